The number of rotatable bonds is 5. The normalized spacial score (nSPS) is 15.0. The van der Waals surface area contributed by atoms with Crippen LogP contribution in [-0.4, -0.2) is 69.6 Å². The Morgan fingerprint density at radius 3 is 2.62 bits per heavy atom. The molecule has 2 aromatic heterocycles. The van der Waals surface area contributed by atoms with Crippen LogP contribution in [0, 0.1) is 13.8 Å². The van der Waals surface area contributed by atoms with E-state index in [2.05, 4.69) is 20.4 Å². The zero-order chi connectivity index (χ0) is 22.7. The summed E-state index contributed by atoms with van der Waals surface area (Å²) in [6.07, 6.45) is 4.62. The van der Waals surface area contributed by atoms with Crippen LogP contribution >= 0.6 is 0 Å². The van der Waals surface area contributed by atoms with Gasteiger partial charge < -0.3 is 10.2 Å². The van der Waals surface area contributed by atoms with Crippen molar-refractivity contribution in [3.05, 3.63) is 65.9 Å². The first-order valence-corrected chi connectivity index (χ1v) is 11.7. The van der Waals surface area contributed by atoms with Crippen molar-refractivity contribution in [2.24, 2.45) is 0 Å². The molecule has 1 fully saturated rings. The van der Waals surface area contributed by atoms with Gasteiger partial charge in [-0.25, -0.2) is 27.9 Å². The summed E-state index contributed by atoms with van der Waals surface area (Å²) in [7, 11) is -3.60. The van der Waals surface area contributed by atoms with Gasteiger partial charge in [-0.3, -0.25) is 0 Å². The van der Waals surface area contributed by atoms with Crippen molar-refractivity contribution in [1.82, 2.24) is 34.3 Å². The van der Waals surface area contributed by atoms with Gasteiger partial charge in [-0.1, -0.05) is 18.2 Å². The SMILES string of the molecule is Cc1ccc(C)c(S(=O)(=O)N2CCN(C(=O)NCc3cccnc3-n3cncn3)CC2)c1. The molecule has 0 aliphatic carbocycles. The van der Waals surface area contributed by atoms with Gasteiger partial charge in [0.2, 0.25) is 10.0 Å². The summed E-state index contributed by atoms with van der Waals surface area (Å²) in [5.74, 6) is 0.592. The summed E-state index contributed by atoms with van der Waals surface area (Å²) in [5, 5.41) is 6.98. The number of hydrogen-bond acceptors (Lipinski definition) is 6. The Balaban J connectivity index is 1.37. The number of carbonyl (C=O) groups excluding carboxylic acids is 1. The monoisotopic (exact) mass is 455 g/mol. The highest BCUT2D eigenvalue weighted by atomic mass is 32.2. The fourth-order valence-electron chi connectivity index (χ4n) is 3.63. The Labute approximate surface area is 186 Å². The molecular weight excluding hydrogens is 430 g/mol. The lowest BCUT2D eigenvalue weighted by molar-refractivity contribution is 0.172. The van der Waals surface area contributed by atoms with E-state index in [1.54, 1.807) is 41.2 Å². The van der Waals surface area contributed by atoms with Gasteiger partial charge in [0, 0.05) is 44.5 Å². The molecule has 11 heteroatoms. The molecule has 1 aliphatic heterocycles. The maximum Gasteiger partial charge on any atom is 0.317 e. The molecule has 2 amide bonds. The number of pyridine rings is 1. The zero-order valence-corrected chi connectivity index (χ0v) is 18.8. The third kappa shape index (κ3) is 4.48. The van der Waals surface area contributed by atoms with Crippen LogP contribution in [0.25, 0.3) is 5.82 Å². The van der Waals surface area contributed by atoms with Gasteiger partial charge in [0.25, 0.3) is 0 Å². The first kappa shape index (κ1) is 21.9. The van der Waals surface area contributed by atoms with Gasteiger partial charge in [0.1, 0.15) is 12.7 Å². The second-order valence-electron chi connectivity index (χ2n) is 7.64. The highest BCUT2D eigenvalue weighted by molar-refractivity contribution is 7.89. The van der Waals surface area contributed by atoms with Gasteiger partial charge in [0.15, 0.2) is 5.82 Å². The Morgan fingerprint density at radius 1 is 1.12 bits per heavy atom. The van der Waals surface area contributed by atoms with E-state index in [0.717, 1.165) is 16.7 Å². The van der Waals surface area contributed by atoms with Crippen LogP contribution in [0.3, 0.4) is 0 Å². The molecular formula is C21H25N7O3S. The minimum Gasteiger partial charge on any atom is -0.334 e. The van der Waals surface area contributed by atoms with E-state index in [0.29, 0.717) is 23.8 Å². The van der Waals surface area contributed by atoms with Gasteiger partial charge in [-0.15, -0.1) is 0 Å². The quantitative estimate of drug-likeness (QED) is 0.624. The van der Waals surface area contributed by atoms with E-state index in [1.165, 1.54) is 10.6 Å². The molecule has 3 heterocycles. The first-order valence-electron chi connectivity index (χ1n) is 10.3. The molecule has 1 aromatic carbocycles. The predicted molar refractivity (Wildman–Crippen MR) is 118 cm³/mol. The Hall–Kier alpha value is -3.31. The van der Waals surface area contributed by atoms with Crippen LogP contribution in [0.15, 0.2) is 54.1 Å². The number of nitrogens with one attached hydrogen (secondary N) is 1. The second-order valence-corrected chi connectivity index (χ2v) is 9.55. The molecule has 168 valence electrons. The number of urea groups is 1. The molecule has 4 rings (SSSR count). The van der Waals surface area contributed by atoms with E-state index in [9.17, 15) is 13.2 Å². The van der Waals surface area contributed by atoms with Gasteiger partial charge in [-0.05, 0) is 37.1 Å². The number of amides is 2. The maximum atomic E-state index is 13.1. The molecule has 0 spiro atoms. The number of aryl methyl sites for hydroxylation is 2. The van der Waals surface area contributed by atoms with Gasteiger partial charge in [0.05, 0.1) is 4.90 Å². The van der Waals surface area contributed by atoms with Crippen molar-refractivity contribution >= 4 is 16.1 Å². The summed E-state index contributed by atoms with van der Waals surface area (Å²) in [6.45, 7) is 5.07. The number of aromatic nitrogens is 4. The van der Waals surface area contributed by atoms with Crippen molar-refractivity contribution in [2.75, 3.05) is 26.2 Å². The second kappa shape index (κ2) is 9.05. The Bertz CT molecular complexity index is 1200. The summed E-state index contributed by atoms with van der Waals surface area (Å²) < 4.78 is 29.2. The van der Waals surface area contributed by atoms with Crippen LogP contribution in [0.1, 0.15) is 16.7 Å². The summed E-state index contributed by atoms with van der Waals surface area (Å²) in [4.78, 5) is 22.9. The number of carbonyl (C=O) groups is 1. The van der Waals surface area contributed by atoms with Crippen LogP contribution in [0.2, 0.25) is 0 Å². The number of piperazine rings is 1. The highest BCUT2D eigenvalue weighted by Crippen LogP contribution is 2.22. The van der Waals surface area contributed by atoms with Crippen molar-refractivity contribution in [1.29, 1.82) is 0 Å². The molecule has 0 radical (unpaired) electrons. The maximum absolute atomic E-state index is 13.1. The van der Waals surface area contributed by atoms with Crippen molar-refractivity contribution in [3.63, 3.8) is 0 Å². The molecule has 1 aliphatic rings. The molecule has 32 heavy (non-hydrogen) atoms. The standard InChI is InChI=1S/C21H25N7O3S/c1-16-5-6-17(2)19(12-16)32(30,31)27-10-8-26(9-11-27)21(29)24-13-18-4-3-7-23-20(18)28-15-22-14-25-28/h3-7,12,14-15H,8-11,13H2,1-2H3,(H,24,29). The van der Waals surface area contributed by atoms with Crippen molar-refractivity contribution in [2.45, 2.75) is 25.3 Å². The smallest absolute Gasteiger partial charge is 0.317 e. The lowest BCUT2D eigenvalue weighted by atomic mass is 10.2. The van der Waals surface area contributed by atoms with Crippen LogP contribution in [0.5, 0.6) is 0 Å². The molecule has 0 unspecified atom stereocenters. The molecule has 3 aromatic rings. The lowest BCUT2D eigenvalue weighted by Gasteiger charge is -2.34. The van der Waals surface area contributed by atoms with Crippen LogP contribution in [-0.2, 0) is 16.6 Å². The van der Waals surface area contributed by atoms with E-state index in [-0.39, 0.29) is 25.7 Å². The number of sulfonamides is 1. The van der Waals surface area contributed by atoms with Crippen LogP contribution < -0.4 is 5.32 Å². The fourth-order valence-corrected chi connectivity index (χ4v) is 5.36. The number of benzene rings is 1. The topological polar surface area (TPSA) is 113 Å². The average molecular weight is 456 g/mol. The molecule has 10 nitrogen and oxygen atoms in total. The Kier molecular flexibility index (Phi) is 6.19. The van der Waals surface area contributed by atoms with Crippen molar-refractivity contribution < 1.29 is 13.2 Å². The number of hydrogen-bond donors (Lipinski definition) is 1. The average Bonchev–Trinajstić information content (AvgIpc) is 3.34. The third-order valence-electron chi connectivity index (χ3n) is 5.42. The minimum absolute atomic E-state index is 0.248. The third-order valence-corrected chi connectivity index (χ3v) is 7.46. The molecule has 0 bridgehead atoms. The molecule has 1 N–H and O–H groups in total. The Morgan fingerprint density at radius 2 is 1.91 bits per heavy atom. The molecule has 1 saturated heterocycles. The molecule has 0 atom stereocenters. The largest absolute Gasteiger partial charge is 0.334 e. The van der Waals surface area contributed by atoms with Crippen LogP contribution in [0.4, 0.5) is 4.79 Å². The highest BCUT2D eigenvalue weighted by Gasteiger charge is 2.31. The molecule has 0 saturated carbocycles. The fraction of sp³-hybridized carbons (Fsp3) is 0.333. The van der Waals surface area contributed by atoms with E-state index >= 15 is 0 Å². The van der Waals surface area contributed by atoms with Crippen molar-refractivity contribution in [3.8, 4) is 5.82 Å². The first-order chi connectivity index (χ1) is 15.4. The summed E-state index contributed by atoms with van der Waals surface area (Å²) >= 11 is 0. The van der Waals surface area contributed by atoms with E-state index < -0.39 is 10.0 Å². The van der Waals surface area contributed by atoms with Gasteiger partial charge in [-0.2, -0.15) is 9.40 Å². The summed E-state index contributed by atoms with van der Waals surface area (Å²) in [6, 6.07) is 8.81. The number of nitrogens with zero attached hydrogens (tertiary/aromatic N) is 6. The summed E-state index contributed by atoms with van der Waals surface area (Å²) in [5.41, 5.74) is 2.41. The zero-order valence-electron chi connectivity index (χ0n) is 18.0. The predicted octanol–water partition coefficient (Wildman–Crippen LogP) is 1.50. The van der Waals surface area contributed by atoms with E-state index in [1.807, 2.05) is 25.1 Å². The minimum atomic E-state index is -3.60. The van der Waals surface area contributed by atoms with Gasteiger partial charge >= 0.3 is 6.03 Å². The lowest BCUT2D eigenvalue weighted by Crippen LogP contribution is -2.53. The van der Waals surface area contributed by atoms with E-state index in [4.69, 9.17) is 0 Å².